The molecule has 2 rings (SSSR count). The molecule has 0 unspecified atom stereocenters. The monoisotopic (exact) mass is 372 g/mol. The van der Waals surface area contributed by atoms with Crippen molar-refractivity contribution in [2.45, 2.75) is 19.9 Å². The average Bonchev–Trinajstić information content (AvgIpc) is 2.66. The first-order valence-corrected chi connectivity index (χ1v) is 9.16. The number of halogens is 1. The molecule has 3 N–H and O–H groups in total. The van der Waals surface area contributed by atoms with Gasteiger partial charge in [-0.3, -0.25) is 4.79 Å². The molecule has 0 fully saturated rings. The van der Waals surface area contributed by atoms with E-state index in [-0.39, 0.29) is 5.91 Å². The highest BCUT2D eigenvalue weighted by Gasteiger charge is 2.03. The van der Waals surface area contributed by atoms with E-state index < -0.39 is 0 Å². The van der Waals surface area contributed by atoms with Crippen molar-refractivity contribution in [3.8, 4) is 0 Å². The van der Waals surface area contributed by atoms with Gasteiger partial charge in [-0.15, -0.1) is 0 Å². The van der Waals surface area contributed by atoms with Crippen molar-refractivity contribution in [2.24, 2.45) is 4.99 Å². The highest BCUT2D eigenvalue weighted by atomic mass is 35.5. The van der Waals surface area contributed by atoms with Crippen LogP contribution in [-0.2, 0) is 6.54 Å². The lowest BCUT2D eigenvalue weighted by molar-refractivity contribution is 0.0953. The molecule has 5 nitrogen and oxygen atoms in total. The van der Waals surface area contributed by atoms with E-state index in [2.05, 4.69) is 20.9 Å². The number of carbonyl (C=O) groups is 1. The predicted octanol–water partition coefficient (Wildman–Crippen LogP) is 3.22. The van der Waals surface area contributed by atoms with Crippen molar-refractivity contribution in [1.29, 1.82) is 0 Å². The summed E-state index contributed by atoms with van der Waals surface area (Å²) in [5, 5.41) is 10.1. The zero-order valence-corrected chi connectivity index (χ0v) is 15.7. The lowest BCUT2D eigenvalue weighted by atomic mass is 10.2. The van der Waals surface area contributed by atoms with E-state index >= 15 is 0 Å². The van der Waals surface area contributed by atoms with Gasteiger partial charge in [0, 0.05) is 30.2 Å². The van der Waals surface area contributed by atoms with Crippen LogP contribution in [0.15, 0.2) is 59.6 Å². The van der Waals surface area contributed by atoms with Crippen molar-refractivity contribution < 1.29 is 4.79 Å². The molecule has 1 amide bonds. The van der Waals surface area contributed by atoms with Crippen LogP contribution in [0.1, 0.15) is 29.3 Å². The van der Waals surface area contributed by atoms with E-state index in [9.17, 15) is 4.79 Å². The molecule has 2 aromatic carbocycles. The molecule has 0 aliphatic rings. The van der Waals surface area contributed by atoms with Gasteiger partial charge >= 0.3 is 0 Å². The second-order valence-electron chi connectivity index (χ2n) is 5.73. The summed E-state index contributed by atoms with van der Waals surface area (Å²) >= 11 is 6.00. The van der Waals surface area contributed by atoms with E-state index in [0.717, 1.165) is 31.0 Å². The molecule has 0 bridgehead atoms. The van der Waals surface area contributed by atoms with Crippen LogP contribution in [0.25, 0.3) is 0 Å². The van der Waals surface area contributed by atoms with E-state index in [1.807, 2.05) is 49.4 Å². The Bertz CT molecular complexity index is 719. The normalized spacial score (nSPS) is 11.1. The molecule has 0 saturated heterocycles. The van der Waals surface area contributed by atoms with E-state index in [1.165, 1.54) is 0 Å². The van der Waals surface area contributed by atoms with Gasteiger partial charge in [-0.25, -0.2) is 4.99 Å². The SMILES string of the molecule is CCNC(=NCc1cccc(Cl)c1)NCCCNC(=O)c1ccccc1. The summed E-state index contributed by atoms with van der Waals surface area (Å²) in [4.78, 5) is 16.5. The second kappa shape index (κ2) is 11.2. The van der Waals surface area contributed by atoms with Crippen LogP contribution in [0.4, 0.5) is 0 Å². The van der Waals surface area contributed by atoms with Gasteiger partial charge in [-0.05, 0) is 43.2 Å². The van der Waals surface area contributed by atoms with Crippen LogP contribution in [0.2, 0.25) is 5.02 Å². The summed E-state index contributed by atoms with van der Waals surface area (Å²) in [7, 11) is 0. The lowest BCUT2D eigenvalue weighted by Crippen LogP contribution is -2.38. The molecule has 0 aromatic heterocycles. The summed E-state index contributed by atoms with van der Waals surface area (Å²) in [6, 6.07) is 16.9. The Balaban J connectivity index is 1.72. The summed E-state index contributed by atoms with van der Waals surface area (Å²) in [6.45, 7) is 4.69. The van der Waals surface area contributed by atoms with Gasteiger partial charge < -0.3 is 16.0 Å². The topological polar surface area (TPSA) is 65.5 Å². The number of benzene rings is 2. The molecular weight excluding hydrogens is 348 g/mol. The van der Waals surface area contributed by atoms with Crippen molar-refractivity contribution in [2.75, 3.05) is 19.6 Å². The van der Waals surface area contributed by atoms with Crippen LogP contribution >= 0.6 is 11.6 Å². The van der Waals surface area contributed by atoms with Crippen LogP contribution in [0.3, 0.4) is 0 Å². The number of rotatable bonds is 8. The number of hydrogen-bond acceptors (Lipinski definition) is 2. The van der Waals surface area contributed by atoms with Crippen LogP contribution in [0, 0.1) is 0 Å². The second-order valence-corrected chi connectivity index (χ2v) is 6.16. The van der Waals surface area contributed by atoms with Crippen LogP contribution < -0.4 is 16.0 Å². The minimum absolute atomic E-state index is 0.0490. The fraction of sp³-hybridized carbons (Fsp3) is 0.300. The Hall–Kier alpha value is -2.53. The van der Waals surface area contributed by atoms with Crippen LogP contribution in [0.5, 0.6) is 0 Å². The van der Waals surface area contributed by atoms with Crippen molar-refractivity contribution in [1.82, 2.24) is 16.0 Å². The Kier molecular flexibility index (Phi) is 8.49. The molecule has 0 aliphatic carbocycles. The molecule has 0 radical (unpaired) electrons. The van der Waals surface area contributed by atoms with Crippen LogP contribution in [-0.4, -0.2) is 31.5 Å². The van der Waals surface area contributed by atoms with Gasteiger partial charge in [0.2, 0.25) is 0 Å². The lowest BCUT2D eigenvalue weighted by Gasteiger charge is -2.11. The smallest absolute Gasteiger partial charge is 0.251 e. The maximum absolute atomic E-state index is 12.0. The van der Waals surface area contributed by atoms with Gasteiger partial charge in [0.1, 0.15) is 0 Å². The molecule has 0 atom stereocenters. The number of hydrogen-bond donors (Lipinski definition) is 3. The minimum Gasteiger partial charge on any atom is -0.357 e. The third-order valence-corrected chi connectivity index (χ3v) is 3.86. The molecule has 2 aromatic rings. The molecule has 138 valence electrons. The standard InChI is InChI=1S/C20H25ClN4O/c1-2-22-20(25-15-16-8-6-11-18(21)14-16)24-13-7-12-23-19(26)17-9-4-3-5-10-17/h3-6,8-11,14H,2,7,12-13,15H2,1H3,(H,23,26)(H2,22,24,25). The molecule has 26 heavy (non-hydrogen) atoms. The van der Waals surface area contributed by atoms with Gasteiger partial charge in [0.15, 0.2) is 5.96 Å². The fourth-order valence-electron chi connectivity index (χ4n) is 2.34. The van der Waals surface area contributed by atoms with E-state index in [4.69, 9.17) is 11.6 Å². The summed E-state index contributed by atoms with van der Waals surface area (Å²) in [5.74, 6) is 0.703. The quantitative estimate of drug-likeness (QED) is 0.378. The highest BCUT2D eigenvalue weighted by molar-refractivity contribution is 6.30. The van der Waals surface area contributed by atoms with Crippen molar-refractivity contribution >= 4 is 23.5 Å². The maximum atomic E-state index is 12.0. The van der Waals surface area contributed by atoms with Gasteiger partial charge in [-0.1, -0.05) is 41.9 Å². The Morgan fingerprint density at radius 1 is 1.00 bits per heavy atom. The minimum atomic E-state index is -0.0490. The number of guanidine groups is 1. The summed E-state index contributed by atoms with van der Waals surface area (Å²) < 4.78 is 0. The average molecular weight is 373 g/mol. The number of amides is 1. The Morgan fingerprint density at radius 3 is 2.50 bits per heavy atom. The molecular formula is C20H25ClN4O. The fourth-order valence-corrected chi connectivity index (χ4v) is 2.55. The summed E-state index contributed by atoms with van der Waals surface area (Å²) in [6.07, 6.45) is 0.806. The van der Waals surface area contributed by atoms with E-state index in [0.29, 0.717) is 23.7 Å². The number of nitrogens with one attached hydrogen (secondary N) is 3. The van der Waals surface area contributed by atoms with Gasteiger partial charge in [-0.2, -0.15) is 0 Å². The number of carbonyl (C=O) groups excluding carboxylic acids is 1. The van der Waals surface area contributed by atoms with E-state index in [1.54, 1.807) is 12.1 Å². The first-order valence-electron chi connectivity index (χ1n) is 8.79. The zero-order chi connectivity index (χ0) is 18.6. The van der Waals surface area contributed by atoms with Crippen molar-refractivity contribution in [3.63, 3.8) is 0 Å². The molecule has 0 aliphatic heterocycles. The summed E-state index contributed by atoms with van der Waals surface area (Å²) in [5.41, 5.74) is 1.74. The maximum Gasteiger partial charge on any atom is 0.251 e. The first kappa shape index (κ1) is 19.8. The molecule has 0 saturated carbocycles. The number of nitrogens with zero attached hydrogens (tertiary/aromatic N) is 1. The predicted molar refractivity (Wildman–Crippen MR) is 108 cm³/mol. The zero-order valence-electron chi connectivity index (χ0n) is 15.0. The highest BCUT2D eigenvalue weighted by Crippen LogP contribution is 2.11. The van der Waals surface area contributed by atoms with Gasteiger partial charge in [0.25, 0.3) is 5.91 Å². The third-order valence-electron chi connectivity index (χ3n) is 3.62. The third kappa shape index (κ3) is 7.15. The Morgan fingerprint density at radius 2 is 1.77 bits per heavy atom. The largest absolute Gasteiger partial charge is 0.357 e. The van der Waals surface area contributed by atoms with Crippen molar-refractivity contribution in [3.05, 3.63) is 70.7 Å². The molecule has 0 heterocycles. The molecule has 0 spiro atoms. The first-order chi connectivity index (χ1) is 12.7. The Labute approximate surface area is 159 Å². The molecule has 6 heteroatoms. The number of aliphatic imine (C=N–C) groups is 1. The van der Waals surface area contributed by atoms with Gasteiger partial charge in [0.05, 0.1) is 6.54 Å².